The van der Waals surface area contributed by atoms with Crippen molar-refractivity contribution in [1.82, 2.24) is 20.2 Å². The molecule has 2 atom stereocenters. The number of aromatic nitrogens is 2. The van der Waals surface area contributed by atoms with Crippen molar-refractivity contribution in [2.45, 2.75) is 52.6 Å². The number of para-hydroxylation sites is 1. The summed E-state index contributed by atoms with van der Waals surface area (Å²) in [7, 11) is 1.65. The smallest absolute Gasteiger partial charge is 0.237 e. The number of amides is 1. The molecule has 1 aromatic carbocycles. The molecule has 0 aliphatic carbocycles. The minimum Gasteiger partial charge on any atom is -0.496 e. The molecule has 31 heavy (non-hydrogen) atoms. The fourth-order valence-electron chi connectivity index (χ4n) is 3.93. The first kappa shape index (κ1) is 23.0. The molecule has 1 aromatic heterocycles. The summed E-state index contributed by atoms with van der Waals surface area (Å²) in [4.78, 5) is 26.7. The Morgan fingerprint density at radius 3 is 2.39 bits per heavy atom. The summed E-state index contributed by atoms with van der Waals surface area (Å²) in [5.41, 5.74) is 1.98. The van der Waals surface area contributed by atoms with E-state index in [1.165, 1.54) is 0 Å². The Morgan fingerprint density at radius 2 is 1.74 bits per heavy atom. The average Bonchev–Trinajstić information content (AvgIpc) is 2.78. The van der Waals surface area contributed by atoms with Crippen LogP contribution in [0.5, 0.6) is 5.75 Å². The van der Waals surface area contributed by atoms with Crippen molar-refractivity contribution in [2.75, 3.05) is 38.2 Å². The van der Waals surface area contributed by atoms with Crippen LogP contribution in [-0.4, -0.2) is 60.1 Å². The number of piperazine rings is 1. The number of benzene rings is 1. The molecule has 7 nitrogen and oxygen atoms in total. The summed E-state index contributed by atoms with van der Waals surface area (Å²) in [5, 5.41) is 3.14. The highest BCUT2D eigenvalue weighted by molar-refractivity contribution is 5.81. The SMILES string of the molecule is COc1ccccc1C(C)NC(=O)C(C)N1CCN(c2cc(C)nc(C(C)C)n2)CC1. The van der Waals surface area contributed by atoms with Crippen molar-refractivity contribution in [1.29, 1.82) is 0 Å². The van der Waals surface area contributed by atoms with Crippen molar-refractivity contribution in [3.63, 3.8) is 0 Å². The van der Waals surface area contributed by atoms with E-state index in [-0.39, 0.29) is 18.0 Å². The van der Waals surface area contributed by atoms with Gasteiger partial charge in [0, 0.05) is 49.4 Å². The highest BCUT2D eigenvalue weighted by atomic mass is 16.5. The van der Waals surface area contributed by atoms with Crippen LogP contribution in [0.2, 0.25) is 0 Å². The summed E-state index contributed by atoms with van der Waals surface area (Å²) in [6.45, 7) is 13.5. The number of hydrogen-bond donors (Lipinski definition) is 1. The monoisotopic (exact) mass is 425 g/mol. The van der Waals surface area contributed by atoms with Crippen LogP contribution in [0.3, 0.4) is 0 Å². The van der Waals surface area contributed by atoms with Gasteiger partial charge in [-0.1, -0.05) is 32.0 Å². The molecule has 3 rings (SSSR count). The maximum Gasteiger partial charge on any atom is 0.237 e. The molecule has 2 aromatic rings. The quantitative estimate of drug-likeness (QED) is 0.734. The van der Waals surface area contributed by atoms with E-state index in [4.69, 9.17) is 9.72 Å². The van der Waals surface area contributed by atoms with E-state index in [1.54, 1.807) is 7.11 Å². The Kier molecular flexibility index (Phi) is 7.49. The van der Waals surface area contributed by atoms with Gasteiger partial charge in [0.1, 0.15) is 17.4 Å². The number of hydrogen-bond acceptors (Lipinski definition) is 6. The minimum atomic E-state index is -0.197. The molecular weight excluding hydrogens is 390 g/mol. The molecule has 1 fully saturated rings. The first-order chi connectivity index (χ1) is 14.8. The minimum absolute atomic E-state index is 0.0341. The van der Waals surface area contributed by atoms with Gasteiger partial charge in [-0.05, 0) is 26.8 Å². The lowest BCUT2D eigenvalue weighted by Crippen LogP contribution is -2.54. The van der Waals surface area contributed by atoms with E-state index in [1.807, 2.05) is 51.1 Å². The lowest BCUT2D eigenvalue weighted by molar-refractivity contribution is -0.126. The van der Waals surface area contributed by atoms with Gasteiger partial charge in [0.05, 0.1) is 19.2 Å². The molecule has 0 spiro atoms. The molecule has 0 radical (unpaired) electrons. The molecule has 1 aliphatic heterocycles. The van der Waals surface area contributed by atoms with E-state index >= 15 is 0 Å². The third-order valence-electron chi connectivity index (χ3n) is 5.90. The third-order valence-corrected chi connectivity index (χ3v) is 5.90. The van der Waals surface area contributed by atoms with Crippen LogP contribution < -0.4 is 15.0 Å². The highest BCUT2D eigenvalue weighted by Gasteiger charge is 2.27. The number of ether oxygens (including phenoxy) is 1. The lowest BCUT2D eigenvalue weighted by atomic mass is 10.1. The Morgan fingerprint density at radius 1 is 1.06 bits per heavy atom. The number of anilines is 1. The maximum absolute atomic E-state index is 12.9. The normalized spacial score (nSPS) is 16.8. The van der Waals surface area contributed by atoms with E-state index in [2.05, 4.69) is 33.9 Å². The van der Waals surface area contributed by atoms with Crippen LogP contribution in [0, 0.1) is 6.92 Å². The van der Waals surface area contributed by atoms with Gasteiger partial charge in [0.15, 0.2) is 0 Å². The van der Waals surface area contributed by atoms with E-state index in [0.717, 1.165) is 54.8 Å². The van der Waals surface area contributed by atoms with Crippen molar-refractivity contribution < 1.29 is 9.53 Å². The summed E-state index contributed by atoms with van der Waals surface area (Å²) >= 11 is 0. The van der Waals surface area contributed by atoms with Gasteiger partial charge in [-0.3, -0.25) is 9.69 Å². The Balaban J connectivity index is 1.58. The van der Waals surface area contributed by atoms with E-state index in [9.17, 15) is 4.79 Å². The van der Waals surface area contributed by atoms with Crippen molar-refractivity contribution >= 4 is 11.7 Å². The van der Waals surface area contributed by atoms with Crippen LogP contribution in [0.1, 0.15) is 56.7 Å². The van der Waals surface area contributed by atoms with Gasteiger partial charge in [0.2, 0.25) is 5.91 Å². The van der Waals surface area contributed by atoms with E-state index < -0.39 is 0 Å². The number of nitrogens with one attached hydrogen (secondary N) is 1. The zero-order chi connectivity index (χ0) is 22.5. The van der Waals surface area contributed by atoms with Crippen LogP contribution >= 0.6 is 0 Å². The summed E-state index contributed by atoms with van der Waals surface area (Å²) in [6, 6.07) is 9.53. The topological polar surface area (TPSA) is 70.6 Å². The number of aryl methyl sites for hydroxylation is 1. The predicted octanol–water partition coefficient (Wildman–Crippen LogP) is 3.30. The summed E-state index contributed by atoms with van der Waals surface area (Å²) < 4.78 is 5.43. The van der Waals surface area contributed by atoms with Gasteiger partial charge in [-0.15, -0.1) is 0 Å². The molecule has 2 heterocycles. The Hall–Kier alpha value is -2.67. The van der Waals surface area contributed by atoms with E-state index in [0.29, 0.717) is 5.92 Å². The molecular formula is C24H35N5O2. The summed E-state index contributed by atoms with van der Waals surface area (Å²) in [5.74, 6) is 2.99. The van der Waals surface area contributed by atoms with Crippen LogP contribution in [0.25, 0.3) is 0 Å². The molecule has 7 heteroatoms. The second-order valence-corrected chi connectivity index (χ2v) is 8.55. The van der Waals surface area contributed by atoms with Crippen LogP contribution in [-0.2, 0) is 4.79 Å². The van der Waals surface area contributed by atoms with Crippen molar-refractivity contribution in [3.8, 4) is 5.75 Å². The maximum atomic E-state index is 12.9. The van der Waals surface area contributed by atoms with Gasteiger partial charge >= 0.3 is 0 Å². The van der Waals surface area contributed by atoms with Gasteiger partial charge in [-0.25, -0.2) is 9.97 Å². The first-order valence-electron chi connectivity index (χ1n) is 11.1. The number of carbonyl (C=O) groups excluding carboxylic acids is 1. The fraction of sp³-hybridized carbons (Fsp3) is 0.542. The number of rotatable bonds is 7. The van der Waals surface area contributed by atoms with Crippen LogP contribution in [0.15, 0.2) is 30.3 Å². The highest BCUT2D eigenvalue weighted by Crippen LogP contribution is 2.25. The standard InChI is InChI=1S/C24H35N5O2/c1-16(2)23-25-17(3)15-22(27-23)29-13-11-28(12-14-29)19(5)24(30)26-18(4)20-9-7-8-10-21(20)31-6/h7-10,15-16,18-19H,11-14H2,1-6H3,(H,26,30). The zero-order valence-electron chi connectivity index (χ0n) is 19.6. The molecule has 1 saturated heterocycles. The molecule has 0 bridgehead atoms. The second-order valence-electron chi connectivity index (χ2n) is 8.55. The summed E-state index contributed by atoms with van der Waals surface area (Å²) in [6.07, 6.45) is 0. The number of methoxy groups -OCH3 is 1. The Bertz CT molecular complexity index is 893. The van der Waals surface area contributed by atoms with Crippen LogP contribution in [0.4, 0.5) is 5.82 Å². The van der Waals surface area contributed by atoms with Gasteiger partial charge in [-0.2, -0.15) is 0 Å². The third kappa shape index (κ3) is 5.53. The van der Waals surface area contributed by atoms with Crippen molar-refractivity contribution in [2.24, 2.45) is 0 Å². The zero-order valence-corrected chi connectivity index (χ0v) is 19.6. The number of carbonyl (C=O) groups is 1. The van der Waals surface area contributed by atoms with Gasteiger partial charge in [0.25, 0.3) is 0 Å². The Labute approximate surface area is 185 Å². The number of nitrogens with zero attached hydrogens (tertiary/aromatic N) is 4. The first-order valence-corrected chi connectivity index (χ1v) is 11.1. The molecule has 1 aliphatic rings. The predicted molar refractivity (Wildman–Crippen MR) is 124 cm³/mol. The molecule has 1 amide bonds. The molecule has 1 N–H and O–H groups in total. The fourth-order valence-corrected chi connectivity index (χ4v) is 3.93. The molecule has 168 valence electrons. The largest absolute Gasteiger partial charge is 0.496 e. The second kappa shape index (κ2) is 10.1. The molecule has 2 unspecified atom stereocenters. The lowest BCUT2D eigenvalue weighted by Gasteiger charge is -2.38. The molecule has 0 saturated carbocycles. The van der Waals surface area contributed by atoms with Gasteiger partial charge < -0.3 is 15.0 Å². The average molecular weight is 426 g/mol. The van der Waals surface area contributed by atoms with Crippen molar-refractivity contribution in [3.05, 3.63) is 47.4 Å².